The van der Waals surface area contributed by atoms with Crippen LogP contribution in [-0.2, 0) is 26.1 Å². The summed E-state index contributed by atoms with van der Waals surface area (Å²) in [5, 5.41) is 0.0537. The van der Waals surface area contributed by atoms with E-state index in [-0.39, 0.29) is 33.4 Å². The molecule has 0 aliphatic carbocycles. The molecule has 1 aromatic heterocycles. The third-order valence-corrected chi connectivity index (χ3v) is 6.57. The highest BCUT2D eigenvalue weighted by atomic mass is 35.5. The molecule has 1 aliphatic heterocycles. The molecule has 0 atom stereocenters. The molecular weight excluding hydrogens is 410 g/mol. The maximum absolute atomic E-state index is 12.7. The molecule has 0 radical (unpaired) electrons. The van der Waals surface area contributed by atoms with Gasteiger partial charge < -0.3 is 13.9 Å². The average molecular weight is 428 g/mol. The van der Waals surface area contributed by atoms with E-state index in [9.17, 15) is 18.0 Å². The van der Waals surface area contributed by atoms with E-state index in [1.54, 1.807) is 0 Å². The number of hydrogen-bond acceptors (Lipinski definition) is 7. The first-order valence-corrected chi connectivity index (χ1v) is 10.3. The molecule has 8 nitrogen and oxygen atoms in total. The highest BCUT2D eigenvalue weighted by Gasteiger charge is 2.28. The Kier molecular flexibility index (Phi) is 6.07. The molecule has 0 spiro atoms. The molecule has 3 rings (SSSR count). The first-order valence-electron chi connectivity index (χ1n) is 8.46. The van der Waals surface area contributed by atoms with Crippen LogP contribution in [-0.4, -0.2) is 44.9 Å². The zero-order valence-corrected chi connectivity index (χ0v) is 16.6. The summed E-state index contributed by atoms with van der Waals surface area (Å²) in [5.74, 6) is -1.36. The van der Waals surface area contributed by atoms with Crippen LogP contribution in [0, 0.1) is 0 Å². The predicted octanol–water partition coefficient (Wildman–Crippen LogP) is 2.86. The van der Waals surface area contributed by atoms with Crippen molar-refractivity contribution >= 4 is 33.6 Å². The smallest absolute Gasteiger partial charge is 0.341 e. The van der Waals surface area contributed by atoms with Crippen LogP contribution < -0.4 is 0 Å². The molecule has 10 heteroatoms. The molecule has 0 bridgehead atoms. The van der Waals surface area contributed by atoms with Crippen molar-refractivity contribution in [2.45, 2.75) is 24.3 Å². The maximum Gasteiger partial charge on any atom is 0.341 e. The average Bonchev–Trinajstić information content (AvgIpc) is 3.37. The number of sulfonamides is 1. The number of carbonyl (C=O) groups is 2. The van der Waals surface area contributed by atoms with Gasteiger partial charge in [0.2, 0.25) is 10.0 Å². The molecule has 0 N–H and O–H groups in total. The second-order valence-electron chi connectivity index (χ2n) is 6.08. The Balaban J connectivity index is 1.79. The minimum atomic E-state index is -3.70. The quantitative estimate of drug-likeness (QED) is 0.653. The molecule has 1 aliphatic rings. The van der Waals surface area contributed by atoms with Crippen LogP contribution in [0.25, 0.3) is 0 Å². The third-order valence-electron chi connectivity index (χ3n) is 4.35. The van der Waals surface area contributed by atoms with Crippen LogP contribution in [0.5, 0.6) is 0 Å². The van der Waals surface area contributed by atoms with Gasteiger partial charge >= 0.3 is 11.9 Å². The van der Waals surface area contributed by atoms with Crippen LogP contribution in [0.1, 0.15) is 39.3 Å². The fraction of sp³-hybridized carbons (Fsp3) is 0.333. The zero-order chi connectivity index (χ0) is 20.3. The fourth-order valence-corrected chi connectivity index (χ4v) is 4.59. The van der Waals surface area contributed by atoms with Crippen molar-refractivity contribution in [1.82, 2.24) is 4.31 Å². The summed E-state index contributed by atoms with van der Waals surface area (Å²) in [6.07, 6.45) is 2.87. The lowest BCUT2D eigenvalue weighted by Gasteiger charge is -2.16. The number of nitrogens with zero attached hydrogens (tertiary/aromatic N) is 1. The molecule has 0 unspecified atom stereocenters. The minimum absolute atomic E-state index is 0.0287. The van der Waals surface area contributed by atoms with Gasteiger partial charge in [-0.25, -0.2) is 18.0 Å². The summed E-state index contributed by atoms with van der Waals surface area (Å²) in [7, 11) is -2.48. The van der Waals surface area contributed by atoms with E-state index in [0.717, 1.165) is 12.8 Å². The summed E-state index contributed by atoms with van der Waals surface area (Å²) in [6, 6.07) is 5.29. The van der Waals surface area contributed by atoms with Crippen molar-refractivity contribution in [3.8, 4) is 0 Å². The number of carbonyl (C=O) groups excluding carboxylic acids is 2. The topological polar surface area (TPSA) is 103 Å². The Labute approximate surface area is 167 Å². The van der Waals surface area contributed by atoms with E-state index >= 15 is 0 Å². The maximum atomic E-state index is 12.7. The molecule has 1 fully saturated rings. The standard InChI is InChI=1S/C18H18ClNO7S/c1-25-17(21)13-6-9-26-16(13)11-27-18(22)14-10-12(4-5-15(14)19)28(23,24)20-7-2-3-8-20/h4-6,9-10H,2-3,7-8,11H2,1H3. The first kappa shape index (κ1) is 20.4. The Morgan fingerprint density at radius 1 is 1.14 bits per heavy atom. The van der Waals surface area contributed by atoms with Gasteiger partial charge in [0.15, 0.2) is 12.4 Å². The normalized spacial score (nSPS) is 14.8. The molecule has 1 aromatic carbocycles. The largest absolute Gasteiger partial charge is 0.465 e. The number of esters is 2. The predicted molar refractivity (Wildman–Crippen MR) is 98.6 cm³/mol. The summed E-state index contributed by atoms with van der Waals surface area (Å²) in [5.41, 5.74) is 0.0415. The van der Waals surface area contributed by atoms with Gasteiger partial charge in [-0.05, 0) is 37.1 Å². The number of benzene rings is 1. The number of methoxy groups -OCH3 is 1. The first-order chi connectivity index (χ1) is 13.3. The molecule has 28 heavy (non-hydrogen) atoms. The molecule has 1 saturated heterocycles. The molecule has 150 valence electrons. The van der Waals surface area contributed by atoms with E-state index in [0.29, 0.717) is 13.1 Å². The van der Waals surface area contributed by atoms with Crippen molar-refractivity contribution in [2.75, 3.05) is 20.2 Å². The van der Waals surface area contributed by atoms with Gasteiger partial charge in [-0.1, -0.05) is 11.6 Å². The Bertz CT molecular complexity index is 993. The lowest BCUT2D eigenvalue weighted by Crippen LogP contribution is -2.28. The van der Waals surface area contributed by atoms with Crippen molar-refractivity contribution in [2.24, 2.45) is 0 Å². The summed E-state index contributed by atoms with van der Waals surface area (Å²) in [4.78, 5) is 24.0. The van der Waals surface area contributed by atoms with E-state index < -0.39 is 22.0 Å². The molecule has 2 aromatic rings. The van der Waals surface area contributed by atoms with E-state index in [4.69, 9.17) is 20.8 Å². The van der Waals surface area contributed by atoms with Gasteiger partial charge in [0.1, 0.15) is 5.56 Å². The highest BCUT2D eigenvalue weighted by molar-refractivity contribution is 7.89. The number of rotatable bonds is 6. The van der Waals surface area contributed by atoms with Crippen molar-refractivity contribution in [3.05, 3.63) is 52.4 Å². The van der Waals surface area contributed by atoms with Gasteiger partial charge in [0.05, 0.1) is 28.9 Å². The van der Waals surface area contributed by atoms with E-state index in [2.05, 4.69) is 4.74 Å². The highest BCUT2D eigenvalue weighted by Crippen LogP contribution is 2.26. The molecular formula is C18H18ClNO7S. The molecule has 2 heterocycles. The second kappa shape index (κ2) is 8.34. The summed E-state index contributed by atoms with van der Waals surface area (Å²) in [6.45, 7) is 0.550. The lowest BCUT2D eigenvalue weighted by atomic mass is 10.2. The monoisotopic (exact) mass is 427 g/mol. The number of hydrogen-bond donors (Lipinski definition) is 0. The lowest BCUT2D eigenvalue weighted by molar-refractivity contribution is 0.0432. The van der Waals surface area contributed by atoms with Crippen LogP contribution in [0.4, 0.5) is 0 Å². The van der Waals surface area contributed by atoms with Crippen molar-refractivity contribution in [3.63, 3.8) is 0 Å². The fourth-order valence-electron chi connectivity index (χ4n) is 2.85. The Hall–Kier alpha value is -2.36. The van der Waals surface area contributed by atoms with Crippen LogP contribution in [0.3, 0.4) is 0 Å². The number of halogens is 1. The molecule has 0 saturated carbocycles. The SMILES string of the molecule is COC(=O)c1ccoc1COC(=O)c1cc(S(=O)(=O)N2CCCC2)ccc1Cl. The minimum Gasteiger partial charge on any atom is -0.465 e. The second-order valence-corrected chi connectivity index (χ2v) is 8.42. The summed E-state index contributed by atoms with van der Waals surface area (Å²) < 4.78 is 41.6. The summed E-state index contributed by atoms with van der Waals surface area (Å²) >= 11 is 6.06. The third kappa shape index (κ3) is 4.06. The number of furan rings is 1. The van der Waals surface area contributed by atoms with Crippen LogP contribution in [0.2, 0.25) is 5.02 Å². The van der Waals surface area contributed by atoms with Gasteiger partial charge in [-0.3, -0.25) is 0 Å². The zero-order valence-electron chi connectivity index (χ0n) is 15.0. The van der Waals surface area contributed by atoms with Gasteiger partial charge in [0, 0.05) is 13.1 Å². The van der Waals surface area contributed by atoms with Crippen LogP contribution >= 0.6 is 11.6 Å². The Morgan fingerprint density at radius 3 is 2.54 bits per heavy atom. The van der Waals surface area contributed by atoms with Crippen molar-refractivity contribution < 1.29 is 31.9 Å². The van der Waals surface area contributed by atoms with Gasteiger partial charge in [-0.2, -0.15) is 4.31 Å². The van der Waals surface area contributed by atoms with Gasteiger partial charge in [-0.15, -0.1) is 0 Å². The number of ether oxygens (including phenoxy) is 2. The van der Waals surface area contributed by atoms with E-state index in [1.807, 2.05) is 0 Å². The van der Waals surface area contributed by atoms with E-state index in [1.165, 1.54) is 41.9 Å². The van der Waals surface area contributed by atoms with Crippen molar-refractivity contribution in [1.29, 1.82) is 0 Å². The van der Waals surface area contributed by atoms with Crippen LogP contribution in [0.15, 0.2) is 39.8 Å². The van der Waals surface area contributed by atoms with Gasteiger partial charge in [0.25, 0.3) is 0 Å². The molecule has 0 amide bonds. The Morgan fingerprint density at radius 2 is 1.86 bits per heavy atom.